The summed E-state index contributed by atoms with van der Waals surface area (Å²) in [5, 5.41) is 0. The van der Waals surface area contributed by atoms with Crippen LogP contribution in [0.2, 0.25) is 0 Å². The third-order valence-electron chi connectivity index (χ3n) is 19.2. The molecule has 0 spiro atoms. The summed E-state index contributed by atoms with van der Waals surface area (Å²) in [5.41, 5.74) is 10.6. The smallest absolute Gasteiger partial charge is 0.338 e. The molecule has 4 aromatic carbocycles. The van der Waals surface area contributed by atoms with Gasteiger partial charge in [0, 0.05) is 71.8 Å². The Kier molecular flexibility index (Phi) is 49.2. The van der Waals surface area contributed by atoms with Crippen molar-refractivity contribution < 1.29 is 38.1 Å². The molecule has 0 aliphatic carbocycles. The molecule has 0 N–H and O–H groups in total. The van der Waals surface area contributed by atoms with Gasteiger partial charge in [0.15, 0.2) is 23.3 Å². The average Bonchev–Trinajstić information content (AvgIpc) is 0.865. The summed E-state index contributed by atoms with van der Waals surface area (Å²) in [7, 11) is 1.38. The molecular formula is C94H132N8O8. The predicted molar refractivity (Wildman–Crippen MR) is 448 cm³/mol. The molecule has 0 radical (unpaired) electrons. The van der Waals surface area contributed by atoms with Gasteiger partial charge in [-0.1, -0.05) is 276 Å². The van der Waals surface area contributed by atoms with Gasteiger partial charge in [-0.3, -0.25) is 0 Å². The van der Waals surface area contributed by atoms with Gasteiger partial charge in [0.05, 0.1) is 49.2 Å². The van der Waals surface area contributed by atoms with E-state index >= 15 is 0 Å². The lowest BCUT2D eigenvalue weighted by atomic mass is 10.1. The summed E-state index contributed by atoms with van der Waals surface area (Å²) >= 11 is 0. The minimum Gasteiger partial charge on any atom is -0.465 e. The number of methoxy groups -OCH3 is 1. The Morgan fingerprint density at radius 3 is 0.664 bits per heavy atom. The van der Waals surface area contributed by atoms with Gasteiger partial charge in [-0.05, 0) is 142 Å². The lowest BCUT2D eigenvalue weighted by Gasteiger charge is -2.06. The fourth-order valence-electron chi connectivity index (χ4n) is 12.4. The molecule has 0 fully saturated rings. The second-order valence-corrected chi connectivity index (χ2v) is 28.7. The lowest BCUT2D eigenvalue weighted by Crippen LogP contribution is -2.06. The van der Waals surface area contributed by atoms with E-state index in [2.05, 4.69) is 74.5 Å². The summed E-state index contributed by atoms with van der Waals surface area (Å²) < 4.78 is 20.1. The van der Waals surface area contributed by atoms with E-state index in [1.54, 1.807) is 55.5 Å². The Bertz CT molecular complexity index is 3670. The van der Waals surface area contributed by atoms with Crippen LogP contribution >= 0.6 is 0 Å². The topological polar surface area (TPSA) is 208 Å². The maximum Gasteiger partial charge on any atom is 0.338 e. The van der Waals surface area contributed by atoms with E-state index in [1.165, 1.54) is 235 Å². The summed E-state index contributed by atoms with van der Waals surface area (Å²) in [4.78, 5) is 82.9. The van der Waals surface area contributed by atoms with Crippen molar-refractivity contribution in [2.24, 2.45) is 0 Å². The van der Waals surface area contributed by atoms with Crippen molar-refractivity contribution in [2.75, 3.05) is 26.9 Å². The van der Waals surface area contributed by atoms with Crippen LogP contribution < -0.4 is 0 Å². The molecule has 0 bridgehead atoms. The number of aryl methyl sites for hydroxylation is 4. The first-order valence-corrected chi connectivity index (χ1v) is 42.2. The molecule has 0 aliphatic heterocycles. The van der Waals surface area contributed by atoms with Gasteiger partial charge < -0.3 is 18.9 Å². The number of carbonyl (C=O) groups excluding carboxylic acids is 4. The van der Waals surface area contributed by atoms with Crippen LogP contribution in [-0.4, -0.2) is 90.7 Å². The molecule has 0 aliphatic rings. The first-order valence-electron chi connectivity index (χ1n) is 42.2. The monoisotopic (exact) mass is 1500 g/mol. The number of unbranched alkanes of at least 4 members (excludes halogenated alkanes) is 29. The first-order chi connectivity index (χ1) is 54.0. The number of carbonyl (C=O) groups is 4. The van der Waals surface area contributed by atoms with Gasteiger partial charge >= 0.3 is 23.9 Å². The molecule has 0 saturated heterocycles. The first kappa shape index (κ1) is 91.7. The Morgan fingerprint density at radius 1 is 0.236 bits per heavy atom. The van der Waals surface area contributed by atoms with Crippen molar-refractivity contribution in [1.29, 1.82) is 0 Å². The molecule has 110 heavy (non-hydrogen) atoms. The third-order valence-corrected chi connectivity index (χ3v) is 19.2. The maximum absolute atomic E-state index is 12.0. The van der Waals surface area contributed by atoms with Gasteiger partial charge in [0.1, 0.15) is 0 Å². The SMILES string of the molecule is CCCCCCCCCCc1cnc(-c2ccc(C(=O)OC)cc2)nc1.CCCCCCCCCCc1cnc(-c2ccc(C(=O)OCC)cc2)nc1.CCCCCCCCCCc1cnc(-c2ccc(C(=O)OCCC)cc2)nc1.CCCCCCCCCCc1cnc(-c2ccc(C(=O)OCCCC)cc2)nc1. The highest BCUT2D eigenvalue weighted by molar-refractivity contribution is 5.91. The molecule has 0 atom stereocenters. The fraction of sp³-hybridized carbons (Fsp3) is 0.532. The van der Waals surface area contributed by atoms with Crippen molar-refractivity contribution in [3.05, 3.63) is 191 Å². The van der Waals surface area contributed by atoms with Crippen LogP contribution in [0.15, 0.2) is 147 Å². The zero-order chi connectivity index (χ0) is 78.7. The molecule has 16 nitrogen and oxygen atoms in total. The number of hydrogen-bond acceptors (Lipinski definition) is 16. The summed E-state index contributed by atoms with van der Waals surface area (Å²) in [6.45, 7) is 16.2. The second kappa shape index (κ2) is 59.0. The van der Waals surface area contributed by atoms with Crippen LogP contribution in [0.1, 0.15) is 337 Å². The van der Waals surface area contributed by atoms with Gasteiger partial charge in [-0.15, -0.1) is 0 Å². The van der Waals surface area contributed by atoms with Crippen LogP contribution in [0.25, 0.3) is 45.6 Å². The van der Waals surface area contributed by atoms with Gasteiger partial charge in [0.2, 0.25) is 0 Å². The molecular weight excluding hydrogens is 1370 g/mol. The Balaban J connectivity index is 0.000000263. The van der Waals surface area contributed by atoms with Crippen molar-refractivity contribution in [3.63, 3.8) is 0 Å². The highest BCUT2D eigenvalue weighted by Crippen LogP contribution is 2.23. The minimum atomic E-state index is -0.335. The van der Waals surface area contributed by atoms with Crippen molar-refractivity contribution in [1.82, 2.24) is 39.9 Å². The normalized spacial score (nSPS) is 10.8. The highest BCUT2D eigenvalue weighted by atomic mass is 16.5. The number of benzene rings is 4. The quantitative estimate of drug-likeness (QED) is 0.0197. The zero-order valence-corrected chi connectivity index (χ0v) is 68.4. The molecule has 596 valence electrons. The lowest BCUT2D eigenvalue weighted by molar-refractivity contribution is 0.0492. The molecule has 0 unspecified atom stereocenters. The number of aromatic nitrogens is 8. The minimum absolute atomic E-state index is 0.272. The Morgan fingerprint density at radius 2 is 0.445 bits per heavy atom. The Hall–Kier alpha value is -8.92. The number of hydrogen-bond donors (Lipinski definition) is 0. The molecule has 4 aromatic heterocycles. The number of esters is 4. The fourth-order valence-corrected chi connectivity index (χ4v) is 12.4. The van der Waals surface area contributed by atoms with Gasteiger partial charge in [0.25, 0.3) is 0 Å². The molecule has 0 amide bonds. The van der Waals surface area contributed by atoms with Crippen LogP contribution in [0.3, 0.4) is 0 Å². The molecule has 8 rings (SSSR count). The van der Waals surface area contributed by atoms with E-state index in [1.807, 2.05) is 105 Å². The second-order valence-electron chi connectivity index (χ2n) is 28.7. The van der Waals surface area contributed by atoms with E-state index in [9.17, 15) is 19.2 Å². The average molecular weight is 1500 g/mol. The molecule has 16 heteroatoms. The largest absolute Gasteiger partial charge is 0.465 e. The van der Waals surface area contributed by atoms with E-state index in [0.717, 1.165) is 67.2 Å². The van der Waals surface area contributed by atoms with E-state index in [-0.39, 0.29) is 23.9 Å². The van der Waals surface area contributed by atoms with Gasteiger partial charge in [-0.2, -0.15) is 0 Å². The summed E-state index contributed by atoms with van der Waals surface area (Å²) in [6, 6.07) is 29.0. The standard InChI is InChI=1S/C25H36N2O2.C24H34N2O2.C23H32N2O2.C22H30N2O2/c1-3-5-7-8-9-10-11-12-13-21-19-26-24(27-20-21)22-14-16-23(17-15-22)25(28)29-18-6-4-2;1-3-5-6-7-8-9-10-11-12-20-18-25-23(26-19-20)21-13-15-22(16-14-21)24(27)28-17-4-2;1-3-5-6-7-8-9-10-11-12-19-17-24-22(25-18-19)20-13-15-21(16-14-20)23(26)27-4-2;1-3-4-5-6-7-8-9-10-11-18-16-23-21(24-17-18)19-12-14-20(15-13-19)22(25)26-2/h14-17,19-20H,3-13,18H2,1-2H3;13-16,18-19H,3-12,17H2,1-2H3;13-18H,3-12H2,1-2H3;12-17H,3-11H2,1-2H3. The van der Waals surface area contributed by atoms with Crippen LogP contribution in [0, 0.1) is 0 Å². The van der Waals surface area contributed by atoms with Crippen LogP contribution in [0.5, 0.6) is 0 Å². The van der Waals surface area contributed by atoms with E-state index in [0.29, 0.717) is 65.4 Å². The van der Waals surface area contributed by atoms with Crippen LogP contribution in [0.4, 0.5) is 0 Å². The molecule has 4 heterocycles. The molecule has 0 saturated carbocycles. The maximum atomic E-state index is 12.0. The van der Waals surface area contributed by atoms with E-state index < -0.39 is 0 Å². The highest BCUT2D eigenvalue weighted by Gasteiger charge is 2.14. The zero-order valence-electron chi connectivity index (χ0n) is 68.4. The van der Waals surface area contributed by atoms with Gasteiger partial charge in [-0.25, -0.2) is 59.0 Å². The number of nitrogens with zero attached hydrogens (tertiary/aromatic N) is 8. The summed E-state index contributed by atoms with van der Waals surface area (Å²) in [5.74, 6) is 1.56. The van der Waals surface area contributed by atoms with E-state index in [4.69, 9.17) is 18.9 Å². The van der Waals surface area contributed by atoms with Crippen molar-refractivity contribution >= 4 is 23.9 Å². The Labute approximate surface area is 660 Å². The number of rotatable bonds is 50. The summed E-state index contributed by atoms with van der Waals surface area (Å²) in [6.07, 6.45) is 64.7. The van der Waals surface area contributed by atoms with Crippen LogP contribution in [-0.2, 0) is 44.6 Å². The number of ether oxygens (including phenoxy) is 4. The molecule has 8 aromatic rings. The predicted octanol–water partition coefficient (Wildman–Crippen LogP) is 24.8. The van der Waals surface area contributed by atoms with Crippen molar-refractivity contribution in [3.8, 4) is 45.6 Å². The van der Waals surface area contributed by atoms with Crippen molar-refractivity contribution in [2.45, 2.75) is 299 Å². The third kappa shape index (κ3) is 38.6.